The number of aliphatic hydroxyl groups excluding tert-OH is 1. The number of esters is 1. The van der Waals surface area contributed by atoms with E-state index in [1.807, 2.05) is 0 Å². The molecule has 16 nitrogen and oxygen atoms in total. The zero-order valence-corrected chi connectivity index (χ0v) is 26.9. The second kappa shape index (κ2) is 12.6. The smallest absolute Gasteiger partial charge is 0.338 e. The van der Waals surface area contributed by atoms with E-state index in [1.165, 1.54) is 12.1 Å². The van der Waals surface area contributed by atoms with E-state index in [4.69, 9.17) is 14.2 Å². The Morgan fingerprint density at radius 1 is 0.585 bits per heavy atom. The fourth-order valence-corrected chi connectivity index (χ4v) is 6.73. The number of hydrogen-bond acceptors (Lipinski definition) is 16. The van der Waals surface area contributed by atoms with Gasteiger partial charge >= 0.3 is 5.97 Å². The number of carbonyl (C=O) groups is 1. The number of aliphatic hydroxyl groups is 1. The Labute approximate surface area is 297 Å². The first-order chi connectivity index (χ1) is 25.1. The predicted octanol–water partition coefficient (Wildman–Crippen LogP) is 3.98. The Morgan fingerprint density at radius 2 is 1.17 bits per heavy atom. The summed E-state index contributed by atoms with van der Waals surface area (Å²) < 4.78 is 18.4. The minimum absolute atomic E-state index is 0.0341. The molecule has 12 N–H and O–H groups in total. The fourth-order valence-electron chi connectivity index (χ4n) is 6.73. The van der Waals surface area contributed by atoms with Crippen LogP contribution < -0.4 is 9.47 Å². The lowest BCUT2D eigenvalue weighted by Crippen LogP contribution is -2.39. The molecule has 0 bridgehead atoms. The molecule has 0 aliphatic carbocycles. The zero-order valence-electron chi connectivity index (χ0n) is 26.9. The van der Waals surface area contributed by atoms with Crippen molar-refractivity contribution in [3.63, 3.8) is 0 Å². The highest BCUT2D eigenvalue weighted by Crippen LogP contribution is 2.58. The molecule has 274 valence electrons. The number of phenolic OH excluding ortho intramolecular Hbond substituents is 11. The van der Waals surface area contributed by atoms with Crippen LogP contribution >= 0.6 is 0 Å². The van der Waals surface area contributed by atoms with Crippen molar-refractivity contribution in [2.75, 3.05) is 0 Å². The molecule has 0 spiro atoms. The second-order valence-corrected chi connectivity index (χ2v) is 12.6. The van der Waals surface area contributed by atoms with Crippen molar-refractivity contribution in [1.29, 1.82) is 0 Å². The Hall–Kier alpha value is -7.07. The van der Waals surface area contributed by atoms with Crippen molar-refractivity contribution in [1.82, 2.24) is 0 Å². The summed E-state index contributed by atoms with van der Waals surface area (Å²) in [7, 11) is 0. The summed E-state index contributed by atoms with van der Waals surface area (Å²) in [6.07, 6.45) is -6.19. The highest BCUT2D eigenvalue weighted by atomic mass is 16.6. The summed E-state index contributed by atoms with van der Waals surface area (Å²) in [5.41, 5.74) is -0.728. The van der Waals surface area contributed by atoms with Gasteiger partial charge in [0.15, 0.2) is 52.5 Å². The Kier molecular flexibility index (Phi) is 8.18. The molecule has 5 aromatic rings. The van der Waals surface area contributed by atoms with Gasteiger partial charge in [-0.05, 0) is 42.0 Å². The number of fused-ring (bicyclic) bond motifs is 2. The summed E-state index contributed by atoms with van der Waals surface area (Å²) in [4.78, 5) is 13.8. The van der Waals surface area contributed by atoms with Gasteiger partial charge in [0.25, 0.3) is 0 Å². The molecule has 16 heteroatoms. The van der Waals surface area contributed by atoms with Crippen LogP contribution in [0, 0.1) is 0 Å². The van der Waals surface area contributed by atoms with Crippen LogP contribution in [-0.2, 0) is 11.2 Å². The molecular weight excluding hydrogens is 700 g/mol. The molecule has 2 aliphatic heterocycles. The summed E-state index contributed by atoms with van der Waals surface area (Å²) >= 11 is 0. The van der Waals surface area contributed by atoms with Gasteiger partial charge < -0.3 is 75.5 Å². The van der Waals surface area contributed by atoms with Gasteiger partial charge in [-0.3, -0.25) is 0 Å². The third-order valence-corrected chi connectivity index (χ3v) is 9.20. The normalized spacial score (nSPS) is 20.4. The molecule has 0 saturated carbocycles. The first-order valence-corrected chi connectivity index (χ1v) is 15.8. The average Bonchev–Trinajstić information content (AvgIpc) is 3.09. The molecule has 5 atom stereocenters. The number of carbonyl (C=O) groups excluding carboxylic acids is 1. The van der Waals surface area contributed by atoms with Crippen molar-refractivity contribution in [3.05, 3.63) is 100 Å². The molecule has 0 aromatic heterocycles. The van der Waals surface area contributed by atoms with Gasteiger partial charge in [0, 0.05) is 46.9 Å². The number of phenols is 11. The topological polar surface area (TPSA) is 288 Å². The van der Waals surface area contributed by atoms with Crippen molar-refractivity contribution < 1.29 is 80.3 Å². The molecule has 0 saturated heterocycles. The molecule has 5 aromatic carbocycles. The Balaban J connectivity index is 1.48. The lowest BCUT2D eigenvalue weighted by molar-refractivity contribution is -0.0285. The SMILES string of the molecule is O=C(O[C@@H]1[C@@H](c2c(O)cc(O)c3c2O[C@H](c2ccc(O)c(O)c2)[C@H](O)C3)c2c(O)cc(O)cc2O[C@@H]1c1ccc(O)c(O)c1)c1cc(O)c(O)c(O)c1. The van der Waals surface area contributed by atoms with E-state index >= 15 is 0 Å². The third-order valence-electron chi connectivity index (χ3n) is 9.20. The molecule has 0 amide bonds. The highest BCUT2D eigenvalue weighted by molar-refractivity contribution is 5.91. The number of rotatable bonds is 5. The van der Waals surface area contributed by atoms with Gasteiger partial charge in [-0.1, -0.05) is 12.1 Å². The summed E-state index contributed by atoms with van der Waals surface area (Å²) in [6.45, 7) is 0. The number of benzene rings is 5. The van der Waals surface area contributed by atoms with Crippen LogP contribution in [0.25, 0.3) is 0 Å². The summed E-state index contributed by atoms with van der Waals surface area (Å²) in [6, 6.07) is 11.7. The van der Waals surface area contributed by atoms with Gasteiger partial charge in [-0.25, -0.2) is 4.79 Å². The standard InChI is InChI=1S/C37H30O16/c38-16-9-23(44)29-28(10-16)51-34(14-2-4-19(40)22(43)6-14)36(53-37(50)15-7-25(46)32(49)26(47)8-15)31(29)30-24(45)12-20(41)17-11-27(48)33(52-35(17)30)13-1-3-18(39)21(42)5-13/h1-10,12,27,31,33-34,36,38-49H,11H2/t27-,31-,33-,34-,36-/m1/s1. The van der Waals surface area contributed by atoms with Crippen LogP contribution in [0.4, 0.5) is 0 Å². The molecule has 0 radical (unpaired) electrons. The van der Waals surface area contributed by atoms with Gasteiger partial charge in [0.1, 0.15) is 40.6 Å². The largest absolute Gasteiger partial charge is 0.508 e. The van der Waals surface area contributed by atoms with Crippen LogP contribution in [0.2, 0.25) is 0 Å². The highest BCUT2D eigenvalue weighted by Gasteiger charge is 2.49. The van der Waals surface area contributed by atoms with E-state index in [0.717, 1.165) is 54.6 Å². The number of ether oxygens (including phenoxy) is 3. The maximum absolute atomic E-state index is 13.8. The number of aromatic hydroxyl groups is 11. The van der Waals surface area contributed by atoms with E-state index in [0.29, 0.717) is 0 Å². The van der Waals surface area contributed by atoms with Gasteiger partial charge in [0.2, 0.25) is 0 Å². The van der Waals surface area contributed by atoms with Crippen LogP contribution in [0.15, 0.2) is 66.7 Å². The molecule has 2 aliphatic rings. The third kappa shape index (κ3) is 5.85. The van der Waals surface area contributed by atoms with Gasteiger partial charge in [-0.15, -0.1) is 0 Å². The molecule has 53 heavy (non-hydrogen) atoms. The fraction of sp³-hybridized carbons (Fsp3) is 0.162. The van der Waals surface area contributed by atoms with Crippen molar-refractivity contribution in [2.24, 2.45) is 0 Å². The first-order valence-electron chi connectivity index (χ1n) is 15.8. The Morgan fingerprint density at radius 3 is 1.77 bits per heavy atom. The molecule has 0 unspecified atom stereocenters. The molecule has 2 heterocycles. The zero-order chi connectivity index (χ0) is 38.0. The first kappa shape index (κ1) is 34.4. The van der Waals surface area contributed by atoms with Crippen LogP contribution in [-0.4, -0.2) is 79.5 Å². The lowest BCUT2D eigenvalue weighted by Gasteiger charge is -2.41. The maximum Gasteiger partial charge on any atom is 0.338 e. The quantitative estimate of drug-likeness (QED) is 0.0899. The lowest BCUT2D eigenvalue weighted by atomic mass is 9.77. The second-order valence-electron chi connectivity index (χ2n) is 12.6. The van der Waals surface area contributed by atoms with E-state index in [2.05, 4.69) is 0 Å². The Bertz CT molecular complexity index is 2280. The average molecular weight is 731 g/mol. The van der Waals surface area contributed by atoms with E-state index in [1.54, 1.807) is 0 Å². The molecular formula is C37H30O16. The van der Waals surface area contributed by atoms with E-state index in [-0.39, 0.29) is 45.7 Å². The summed E-state index contributed by atoms with van der Waals surface area (Å²) in [5, 5.41) is 126. The maximum atomic E-state index is 13.8. The van der Waals surface area contributed by atoms with E-state index in [9.17, 15) is 66.1 Å². The van der Waals surface area contributed by atoms with Crippen LogP contribution in [0.3, 0.4) is 0 Å². The minimum atomic E-state index is -1.72. The molecule has 7 rings (SSSR count). The summed E-state index contributed by atoms with van der Waals surface area (Å²) in [5.74, 6) is -10.4. The van der Waals surface area contributed by atoms with Crippen LogP contribution in [0.1, 0.15) is 56.3 Å². The van der Waals surface area contributed by atoms with Crippen molar-refractivity contribution in [3.8, 4) is 74.7 Å². The predicted molar refractivity (Wildman–Crippen MR) is 178 cm³/mol. The van der Waals surface area contributed by atoms with E-state index < -0.39 is 105 Å². The van der Waals surface area contributed by atoms with Gasteiger partial charge in [0.05, 0.1) is 17.6 Å². The van der Waals surface area contributed by atoms with Gasteiger partial charge in [-0.2, -0.15) is 0 Å². The monoisotopic (exact) mass is 730 g/mol. The van der Waals surface area contributed by atoms with Crippen molar-refractivity contribution in [2.45, 2.75) is 36.8 Å². The van der Waals surface area contributed by atoms with Crippen LogP contribution in [0.5, 0.6) is 74.7 Å². The number of hydrogen-bond donors (Lipinski definition) is 12. The molecule has 0 fully saturated rings. The van der Waals surface area contributed by atoms with Crippen molar-refractivity contribution >= 4 is 5.97 Å². The minimum Gasteiger partial charge on any atom is -0.508 e.